The summed E-state index contributed by atoms with van der Waals surface area (Å²) in [4.78, 5) is 13.0. The lowest BCUT2D eigenvalue weighted by Gasteiger charge is -2.25. The number of carbonyl (C=O) groups excluding carboxylic acids is 1. The second-order valence-electron chi connectivity index (χ2n) is 7.08. The monoisotopic (exact) mass is 498 g/mol. The SMILES string of the molecule is Cc1cc(Cl)ccc1N(CC(=O)Nc1nnc(-c2ccccc2)s1)S(=O)(=O)c1ccccc1. The lowest BCUT2D eigenvalue weighted by atomic mass is 10.2. The third-order valence-electron chi connectivity index (χ3n) is 4.74. The summed E-state index contributed by atoms with van der Waals surface area (Å²) in [5, 5.41) is 12.2. The average molecular weight is 499 g/mol. The first-order valence-corrected chi connectivity index (χ1v) is 12.5. The molecule has 0 aliphatic rings. The molecule has 1 aromatic heterocycles. The fourth-order valence-corrected chi connectivity index (χ4v) is 5.68. The summed E-state index contributed by atoms with van der Waals surface area (Å²) >= 11 is 7.26. The summed E-state index contributed by atoms with van der Waals surface area (Å²) in [5.41, 5.74) is 1.86. The van der Waals surface area contributed by atoms with Crippen LogP contribution in [0.25, 0.3) is 10.6 Å². The summed E-state index contributed by atoms with van der Waals surface area (Å²) in [6, 6.07) is 22.2. The topological polar surface area (TPSA) is 92.3 Å². The standard InChI is InChI=1S/C23H19ClN4O3S2/c1-16-14-18(24)12-13-20(16)28(33(30,31)19-10-6-3-7-11-19)15-21(29)25-23-27-26-22(32-23)17-8-4-2-5-9-17/h2-14H,15H2,1H3,(H,25,27,29). The van der Waals surface area contributed by atoms with Gasteiger partial charge in [-0.1, -0.05) is 71.5 Å². The second-order valence-corrected chi connectivity index (χ2v) is 10.4. The van der Waals surface area contributed by atoms with Gasteiger partial charge in [0, 0.05) is 10.6 Å². The van der Waals surface area contributed by atoms with E-state index in [1.165, 1.54) is 23.5 Å². The Balaban J connectivity index is 1.62. The number of hydrogen-bond donors (Lipinski definition) is 1. The number of aromatic nitrogens is 2. The Kier molecular flexibility index (Phi) is 6.73. The van der Waals surface area contributed by atoms with Gasteiger partial charge in [-0.05, 0) is 42.8 Å². The molecule has 7 nitrogen and oxygen atoms in total. The Morgan fingerprint density at radius 1 is 1.00 bits per heavy atom. The zero-order valence-electron chi connectivity index (χ0n) is 17.5. The highest BCUT2D eigenvalue weighted by molar-refractivity contribution is 7.92. The number of nitrogens with zero attached hydrogens (tertiary/aromatic N) is 3. The van der Waals surface area contributed by atoms with Crippen molar-refractivity contribution in [3.05, 3.63) is 89.4 Å². The van der Waals surface area contributed by atoms with Gasteiger partial charge in [0.1, 0.15) is 11.6 Å². The predicted molar refractivity (Wildman–Crippen MR) is 131 cm³/mol. The first-order valence-electron chi connectivity index (χ1n) is 9.87. The van der Waals surface area contributed by atoms with Crippen molar-refractivity contribution < 1.29 is 13.2 Å². The van der Waals surface area contributed by atoms with E-state index >= 15 is 0 Å². The molecule has 0 fully saturated rings. The highest BCUT2D eigenvalue weighted by atomic mass is 35.5. The van der Waals surface area contributed by atoms with Crippen molar-refractivity contribution in [2.75, 3.05) is 16.2 Å². The average Bonchev–Trinajstić information content (AvgIpc) is 3.27. The molecule has 0 aliphatic carbocycles. The van der Waals surface area contributed by atoms with E-state index in [0.717, 1.165) is 9.87 Å². The number of sulfonamides is 1. The van der Waals surface area contributed by atoms with Crippen molar-refractivity contribution in [2.45, 2.75) is 11.8 Å². The second kappa shape index (κ2) is 9.70. The third-order valence-corrected chi connectivity index (χ3v) is 7.63. The van der Waals surface area contributed by atoms with E-state index in [-0.39, 0.29) is 10.0 Å². The van der Waals surface area contributed by atoms with Gasteiger partial charge in [0.25, 0.3) is 10.0 Å². The first-order chi connectivity index (χ1) is 15.8. The van der Waals surface area contributed by atoms with Crippen LogP contribution in [-0.4, -0.2) is 31.1 Å². The molecule has 10 heteroatoms. The zero-order chi connectivity index (χ0) is 23.4. The van der Waals surface area contributed by atoms with Gasteiger partial charge in [-0.3, -0.25) is 14.4 Å². The molecule has 1 heterocycles. The van der Waals surface area contributed by atoms with Gasteiger partial charge in [-0.2, -0.15) is 0 Å². The van der Waals surface area contributed by atoms with Crippen LogP contribution >= 0.6 is 22.9 Å². The fourth-order valence-electron chi connectivity index (χ4n) is 3.18. The molecule has 0 unspecified atom stereocenters. The fraction of sp³-hybridized carbons (Fsp3) is 0.0870. The molecule has 0 radical (unpaired) electrons. The van der Waals surface area contributed by atoms with Crippen molar-refractivity contribution in [1.29, 1.82) is 0 Å². The minimum atomic E-state index is -4.02. The Morgan fingerprint density at radius 2 is 1.67 bits per heavy atom. The van der Waals surface area contributed by atoms with E-state index in [9.17, 15) is 13.2 Å². The Morgan fingerprint density at radius 3 is 2.33 bits per heavy atom. The molecule has 0 aliphatic heterocycles. The maximum absolute atomic E-state index is 13.4. The van der Waals surface area contributed by atoms with E-state index in [2.05, 4.69) is 15.5 Å². The van der Waals surface area contributed by atoms with Crippen LogP contribution in [0.5, 0.6) is 0 Å². The van der Waals surface area contributed by atoms with Crippen LogP contribution in [0.2, 0.25) is 5.02 Å². The molecule has 168 valence electrons. The Hall–Kier alpha value is -3.27. The Bertz CT molecular complexity index is 1380. The molecule has 0 saturated carbocycles. The molecule has 0 saturated heterocycles. The molecule has 4 rings (SSSR count). The summed E-state index contributed by atoms with van der Waals surface area (Å²) in [7, 11) is -4.02. The first kappa shape index (κ1) is 22.9. The summed E-state index contributed by atoms with van der Waals surface area (Å²) in [6.07, 6.45) is 0. The Labute approximate surface area is 200 Å². The molecule has 0 atom stereocenters. The van der Waals surface area contributed by atoms with Crippen LogP contribution in [0.4, 0.5) is 10.8 Å². The molecule has 3 aromatic carbocycles. The lowest BCUT2D eigenvalue weighted by molar-refractivity contribution is -0.114. The van der Waals surface area contributed by atoms with Crippen molar-refractivity contribution in [3.63, 3.8) is 0 Å². The van der Waals surface area contributed by atoms with Gasteiger partial charge in [0.05, 0.1) is 10.6 Å². The highest BCUT2D eigenvalue weighted by Crippen LogP contribution is 2.30. The number of amides is 1. The number of hydrogen-bond acceptors (Lipinski definition) is 6. The molecule has 1 N–H and O–H groups in total. The van der Waals surface area contributed by atoms with Gasteiger partial charge in [-0.15, -0.1) is 10.2 Å². The van der Waals surface area contributed by atoms with E-state index in [4.69, 9.17) is 11.6 Å². The van der Waals surface area contributed by atoms with E-state index in [1.54, 1.807) is 43.3 Å². The maximum Gasteiger partial charge on any atom is 0.264 e. The highest BCUT2D eigenvalue weighted by Gasteiger charge is 2.28. The number of anilines is 2. The van der Waals surface area contributed by atoms with Gasteiger partial charge in [-0.25, -0.2) is 8.42 Å². The summed E-state index contributed by atoms with van der Waals surface area (Å²) in [5.74, 6) is -0.542. The van der Waals surface area contributed by atoms with Crippen LogP contribution in [0.1, 0.15) is 5.56 Å². The molecule has 4 aromatic rings. The quantitative estimate of drug-likeness (QED) is 0.387. The molecular formula is C23H19ClN4O3S2. The van der Waals surface area contributed by atoms with Crippen molar-refractivity contribution in [2.24, 2.45) is 0 Å². The van der Waals surface area contributed by atoms with Crippen LogP contribution in [-0.2, 0) is 14.8 Å². The summed E-state index contributed by atoms with van der Waals surface area (Å²) < 4.78 is 27.9. The predicted octanol–water partition coefficient (Wildman–Crippen LogP) is 5.00. The van der Waals surface area contributed by atoms with E-state index in [1.807, 2.05) is 30.3 Å². The van der Waals surface area contributed by atoms with Gasteiger partial charge in [0.15, 0.2) is 0 Å². The van der Waals surface area contributed by atoms with Crippen LogP contribution in [0.15, 0.2) is 83.8 Å². The molecular weight excluding hydrogens is 480 g/mol. The largest absolute Gasteiger partial charge is 0.299 e. The van der Waals surface area contributed by atoms with Crippen molar-refractivity contribution in [3.8, 4) is 10.6 Å². The normalized spacial score (nSPS) is 11.2. The van der Waals surface area contributed by atoms with Crippen molar-refractivity contribution in [1.82, 2.24) is 10.2 Å². The smallest absolute Gasteiger partial charge is 0.264 e. The molecule has 1 amide bonds. The lowest BCUT2D eigenvalue weighted by Crippen LogP contribution is -2.38. The number of rotatable bonds is 7. The number of halogens is 1. The van der Waals surface area contributed by atoms with Crippen molar-refractivity contribution >= 4 is 49.7 Å². The minimum Gasteiger partial charge on any atom is -0.299 e. The van der Waals surface area contributed by atoms with Crippen LogP contribution in [0.3, 0.4) is 0 Å². The third kappa shape index (κ3) is 5.22. The van der Waals surface area contributed by atoms with Gasteiger partial charge < -0.3 is 0 Å². The maximum atomic E-state index is 13.4. The van der Waals surface area contributed by atoms with Crippen LogP contribution < -0.4 is 9.62 Å². The van der Waals surface area contributed by atoms with Gasteiger partial charge in [0.2, 0.25) is 11.0 Å². The number of carbonyl (C=O) groups is 1. The summed E-state index contributed by atoms with van der Waals surface area (Å²) in [6.45, 7) is 1.30. The molecule has 33 heavy (non-hydrogen) atoms. The van der Waals surface area contributed by atoms with Crippen LogP contribution in [0, 0.1) is 6.92 Å². The van der Waals surface area contributed by atoms with Gasteiger partial charge >= 0.3 is 0 Å². The molecule has 0 spiro atoms. The minimum absolute atomic E-state index is 0.0782. The zero-order valence-corrected chi connectivity index (χ0v) is 19.9. The van der Waals surface area contributed by atoms with E-state index in [0.29, 0.717) is 21.3 Å². The number of nitrogens with one attached hydrogen (secondary N) is 1. The molecule has 0 bridgehead atoms. The van der Waals surface area contributed by atoms with E-state index < -0.39 is 22.5 Å². The number of aryl methyl sites for hydroxylation is 1. The number of benzene rings is 3.